The van der Waals surface area contributed by atoms with Gasteiger partial charge < -0.3 is 14.6 Å². The third-order valence-electron chi connectivity index (χ3n) is 2.20. The van der Waals surface area contributed by atoms with Crippen molar-refractivity contribution in [3.05, 3.63) is 0 Å². The van der Waals surface area contributed by atoms with Crippen LogP contribution in [0.2, 0.25) is 0 Å². The Morgan fingerprint density at radius 3 is 2.53 bits per heavy atom. The van der Waals surface area contributed by atoms with Crippen molar-refractivity contribution in [3.8, 4) is 0 Å². The van der Waals surface area contributed by atoms with Crippen molar-refractivity contribution in [1.82, 2.24) is 0 Å². The molecule has 0 spiro atoms. The average Bonchev–Trinajstić information content (AvgIpc) is 2.21. The number of carboxylic acid groups (broad SMARTS) is 1. The normalized spacial score (nSPS) is 12.4. The molecule has 0 aromatic carbocycles. The number of carbonyl (C=O) groups is 1. The fourth-order valence-electron chi connectivity index (χ4n) is 1.27. The number of rotatable bonds is 9. The molecule has 15 heavy (non-hydrogen) atoms. The van der Waals surface area contributed by atoms with Crippen LogP contribution in [0.5, 0.6) is 0 Å². The summed E-state index contributed by atoms with van der Waals surface area (Å²) in [6.07, 6.45) is 3.84. The fraction of sp³-hybridized carbons (Fsp3) is 0.909. The van der Waals surface area contributed by atoms with Crippen LogP contribution < -0.4 is 0 Å². The van der Waals surface area contributed by atoms with Crippen molar-refractivity contribution in [2.45, 2.75) is 52.1 Å². The van der Waals surface area contributed by atoms with Gasteiger partial charge in [0.2, 0.25) is 0 Å². The van der Waals surface area contributed by atoms with E-state index in [0.717, 1.165) is 38.7 Å². The van der Waals surface area contributed by atoms with E-state index in [-0.39, 0.29) is 12.7 Å². The Balaban J connectivity index is 3.39. The molecular weight excluding hydrogens is 196 g/mol. The first kappa shape index (κ1) is 14.2. The molecule has 4 heteroatoms. The first-order chi connectivity index (χ1) is 7.20. The molecule has 1 N–H and O–H groups in total. The summed E-state index contributed by atoms with van der Waals surface area (Å²) in [6, 6.07) is 0. The van der Waals surface area contributed by atoms with E-state index < -0.39 is 6.16 Å². The van der Waals surface area contributed by atoms with Crippen molar-refractivity contribution in [3.63, 3.8) is 0 Å². The van der Waals surface area contributed by atoms with Gasteiger partial charge in [0.1, 0.15) is 0 Å². The molecule has 0 fully saturated rings. The molecule has 4 nitrogen and oxygen atoms in total. The molecule has 0 aromatic rings. The molecular formula is C11H22O4. The van der Waals surface area contributed by atoms with Gasteiger partial charge >= 0.3 is 6.16 Å². The second kappa shape index (κ2) is 9.77. The van der Waals surface area contributed by atoms with E-state index in [4.69, 9.17) is 9.84 Å². The molecule has 1 atom stereocenters. The summed E-state index contributed by atoms with van der Waals surface area (Å²) in [7, 11) is 0. The third-order valence-corrected chi connectivity index (χ3v) is 2.20. The Labute approximate surface area is 91.6 Å². The van der Waals surface area contributed by atoms with Gasteiger partial charge in [0.15, 0.2) is 0 Å². The van der Waals surface area contributed by atoms with E-state index in [1.54, 1.807) is 0 Å². The van der Waals surface area contributed by atoms with Crippen molar-refractivity contribution in [2.24, 2.45) is 0 Å². The Hall–Kier alpha value is -0.770. The lowest BCUT2D eigenvalue weighted by molar-refractivity contribution is 0.0342. The number of ether oxygens (including phenoxy) is 2. The van der Waals surface area contributed by atoms with Gasteiger partial charge in [-0.2, -0.15) is 0 Å². The second-order valence-electron chi connectivity index (χ2n) is 3.51. The van der Waals surface area contributed by atoms with E-state index in [1.165, 1.54) is 0 Å². The molecule has 0 rings (SSSR count). The monoisotopic (exact) mass is 218 g/mol. The van der Waals surface area contributed by atoms with E-state index in [9.17, 15) is 4.79 Å². The lowest BCUT2D eigenvalue weighted by atomic mass is 10.1. The molecule has 0 aliphatic heterocycles. The van der Waals surface area contributed by atoms with E-state index in [1.807, 2.05) is 0 Å². The Morgan fingerprint density at radius 2 is 2.00 bits per heavy atom. The van der Waals surface area contributed by atoms with E-state index >= 15 is 0 Å². The summed E-state index contributed by atoms with van der Waals surface area (Å²) in [5.41, 5.74) is 0. The molecule has 0 aliphatic rings. The van der Waals surface area contributed by atoms with Gasteiger partial charge in [-0.25, -0.2) is 4.79 Å². The van der Waals surface area contributed by atoms with Crippen molar-refractivity contribution < 1.29 is 19.4 Å². The third kappa shape index (κ3) is 9.53. The minimum absolute atomic E-state index is 0.244. The van der Waals surface area contributed by atoms with E-state index in [0.29, 0.717) is 0 Å². The smallest absolute Gasteiger partial charge is 0.450 e. The van der Waals surface area contributed by atoms with Gasteiger partial charge in [-0.15, -0.1) is 0 Å². The van der Waals surface area contributed by atoms with Crippen molar-refractivity contribution >= 4 is 6.16 Å². The van der Waals surface area contributed by atoms with Crippen LogP contribution in [0.25, 0.3) is 0 Å². The molecule has 0 saturated carbocycles. The van der Waals surface area contributed by atoms with Gasteiger partial charge in [0, 0.05) is 6.61 Å². The van der Waals surface area contributed by atoms with Crippen molar-refractivity contribution in [1.29, 1.82) is 0 Å². The highest BCUT2D eigenvalue weighted by molar-refractivity contribution is 5.56. The maximum Gasteiger partial charge on any atom is 0.505 e. The van der Waals surface area contributed by atoms with Gasteiger partial charge in [-0.1, -0.05) is 20.3 Å². The minimum atomic E-state index is -1.20. The molecule has 0 aliphatic carbocycles. The number of unbranched alkanes of at least 4 members (excludes halogenated alkanes) is 1. The first-order valence-electron chi connectivity index (χ1n) is 5.68. The van der Waals surface area contributed by atoms with Gasteiger partial charge in [-0.3, -0.25) is 0 Å². The standard InChI is InChI=1S/C11H22O4/c1-3-5-8-14-10(4-2)7-6-9-15-11(12)13/h10H,3-9H2,1-2H3,(H,12,13). The average molecular weight is 218 g/mol. The van der Waals surface area contributed by atoms with Crippen LogP contribution in [-0.2, 0) is 9.47 Å². The summed E-state index contributed by atoms with van der Waals surface area (Å²) < 4.78 is 10.1. The SMILES string of the molecule is CCCCOC(CC)CCCOC(=O)O. The summed E-state index contributed by atoms with van der Waals surface area (Å²) >= 11 is 0. The van der Waals surface area contributed by atoms with Crippen LogP contribution in [0.3, 0.4) is 0 Å². The fourth-order valence-corrected chi connectivity index (χ4v) is 1.27. The van der Waals surface area contributed by atoms with Gasteiger partial charge in [-0.05, 0) is 25.7 Å². The van der Waals surface area contributed by atoms with Crippen LogP contribution in [0.4, 0.5) is 4.79 Å². The largest absolute Gasteiger partial charge is 0.505 e. The Morgan fingerprint density at radius 1 is 1.27 bits per heavy atom. The van der Waals surface area contributed by atoms with Crippen LogP contribution in [0.1, 0.15) is 46.0 Å². The lowest BCUT2D eigenvalue weighted by Gasteiger charge is -2.15. The Bertz CT molecular complexity index is 159. The van der Waals surface area contributed by atoms with Crippen LogP contribution >= 0.6 is 0 Å². The molecule has 0 radical (unpaired) electrons. The summed E-state index contributed by atoms with van der Waals surface area (Å²) in [5.74, 6) is 0. The van der Waals surface area contributed by atoms with Gasteiger partial charge in [0.25, 0.3) is 0 Å². The molecule has 1 unspecified atom stereocenters. The molecule has 0 amide bonds. The van der Waals surface area contributed by atoms with Crippen LogP contribution in [0.15, 0.2) is 0 Å². The molecule has 0 bridgehead atoms. The topological polar surface area (TPSA) is 55.8 Å². The summed E-state index contributed by atoms with van der Waals surface area (Å²) in [5, 5.41) is 8.26. The van der Waals surface area contributed by atoms with Crippen molar-refractivity contribution in [2.75, 3.05) is 13.2 Å². The second-order valence-corrected chi connectivity index (χ2v) is 3.51. The lowest BCUT2D eigenvalue weighted by Crippen LogP contribution is -2.14. The molecule has 0 saturated heterocycles. The van der Waals surface area contributed by atoms with Crippen LogP contribution in [0, 0.1) is 0 Å². The summed E-state index contributed by atoms with van der Waals surface area (Å²) in [4.78, 5) is 10.1. The van der Waals surface area contributed by atoms with Crippen LogP contribution in [-0.4, -0.2) is 30.6 Å². The molecule has 0 aromatic heterocycles. The summed E-state index contributed by atoms with van der Waals surface area (Å²) in [6.45, 7) is 5.28. The number of hydrogen-bond acceptors (Lipinski definition) is 3. The zero-order valence-electron chi connectivity index (χ0n) is 9.70. The highest BCUT2D eigenvalue weighted by Gasteiger charge is 2.06. The number of hydrogen-bond donors (Lipinski definition) is 1. The Kier molecular flexibility index (Phi) is 9.27. The zero-order valence-corrected chi connectivity index (χ0v) is 9.70. The maximum absolute atomic E-state index is 10.1. The highest BCUT2D eigenvalue weighted by Crippen LogP contribution is 2.07. The predicted octanol–water partition coefficient (Wildman–Crippen LogP) is 3.06. The zero-order chi connectivity index (χ0) is 11.5. The molecule has 90 valence electrons. The maximum atomic E-state index is 10.1. The highest BCUT2D eigenvalue weighted by atomic mass is 16.7. The quantitative estimate of drug-likeness (QED) is 0.477. The van der Waals surface area contributed by atoms with E-state index in [2.05, 4.69) is 18.6 Å². The minimum Gasteiger partial charge on any atom is -0.450 e. The first-order valence-corrected chi connectivity index (χ1v) is 5.68. The predicted molar refractivity (Wildman–Crippen MR) is 58.1 cm³/mol. The molecule has 0 heterocycles. The van der Waals surface area contributed by atoms with Gasteiger partial charge in [0.05, 0.1) is 12.7 Å².